The summed E-state index contributed by atoms with van der Waals surface area (Å²) in [7, 11) is 0. The monoisotopic (exact) mass is 437 g/mol. The highest BCUT2D eigenvalue weighted by atomic mass is 32.1. The zero-order chi connectivity index (χ0) is 21.5. The number of dihydropyridines is 1. The molecule has 0 amide bonds. The molecule has 0 bridgehead atoms. The number of hydrogen-bond acceptors (Lipinski definition) is 2. The Morgan fingerprint density at radius 3 is 2.73 bits per heavy atom. The molecule has 1 nitrogen and oxygen atoms in total. The molecule has 2 unspecified atom stereocenters. The number of benzene rings is 2. The van der Waals surface area contributed by atoms with Crippen molar-refractivity contribution >= 4 is 43.3 Å². The van der Waals surface area contributed by atoms with Gasteiger partial charge in [-0.3, -0.25) is 4.99 Å². The van der Waals surface area contributed by atoms with Crippen molar-refractivity contribution in [1.29, 1.82) is 0 Å². The molecule has 2 heteroatoms. The second kappa shape index (κ2) is 6.40. The molecule has 0 spiro atoms. The molecular weight excluding hydrogens is 418 g/mol. The van der Waals surface area contributed by atoms with E-state index in [1.165, 1.54) is 64.7 Å². The first-order chi connectivity index (χ1) is 16.3. The van der Waals surface area contributed by atoms with Crippen molar-refractivity contribution in [1.82, 2.24) is 0 Å². The fraction of sp³-hybridized carbons (Fsp3) is 0.0645. The second-order valence-electron chi connectivity index (χ2n) is 9.14. The maximum atomic E-state index is 4.82. The van der Waals surface area contributed by atoms with Crippen LogP contribution in [0.2, 0.25) is 0 Å². The van der Waals surface area contributed by atoms with E-state index in [4.69, 9.17) is 4.99 Å². The minimum Gasteiger partial charge on any atom is -0.280 e. The average Bonchev–Trinajstić information content (AvgIpc) is 3.24. The number of aliphatic imine (C=N–C) groups is 1. The van der Waals surface area contributed by atoms with Crippen LogP contribution in [-0.4, -0.2) is 12.3 Å². The summed E-state index contributed by atoms with van der Waals surface area (Å²) in [5.41, 5.74) is 10.8. The third kappa shape index (κ3) is 2.39. The molecule has 8 rings (SSSR count). The molecule has 4 aliphatic carbocycles. The van der Waals surface area contributed by atoms with Gasteiger partial charge in [-0.25, -0.2) is 0 Å². The lowest BCUT2D eigenvalue weighted by molar-refractivity contribution is 0.786. The Morgan fingerprint density at radius 1 is 0.788 bits per heavy atom. The van der Waals surface area contributed by atoms with Gasteiger partial charge >= 0.3 is 0 Å². The number of nitrogens with zero attached hydrogens (tertiary/aromatic N) is 1. The van der Waals surface area contributed by atoms with Crippen LogP contribution in [0.4, 0.5) is 0 Å². The quantitative estimate of drug-likeness (QED) is 0.370. The highest BCUT2D eigenvalue weighted by molar-refractivity contribution is 7.25. The molecule has 154 valence electrons. The van der Waals surface area contributed by atoms with E-state index in [1.54, 1.807) is 0 Å². The second-order valence-corrected chi connectivity index (χ2v) is 10.2. The summed E-state index contributed by atoms with van der Waals surface area (Å²) in [6.45, 7) is 0. The highest BCUT2D eigenvalue weighted by Crippen LogP contribution is 2.51. The van der Waals surface area contributed by atoms with Crippen LogP contribution in [-0.2, 0) is 0 Å². The van der Waals surface area contributed by atoms with Crippen molar-refractivity contribution in [3.63, 3.8) is 0 Å². The zero-order valence-corrected chi connectivity index (χ0v) is 18.6. The van der Waals surface area contributed by atoms with Gasteiger partial charge in [0.05, 0.1) is 0 Å². The van der Waals surface area contributed by atoms with Gasteiger partial charge in [-0.05, 0) is 68.9 Å². The van der Waals surface area contributed by atoms with Gasteiger partial charge in [-0.1, -0.05) is 72.9 Å². The van der Waals surface area contributed by atoms with E-state index in [2.05, 4.69) is 91.1 Å². The lowest BCUT2D eigenvalue weighted by atomic mass is 9.65. The van der Waals surface area contributed by atoms with Crippen LogP contribution in [0.5, 0.6) is 0 Å². The normalized spacial score (nSPS) is 24.2. The van der Waals surface area contributed by atoms with Crippen molar-refractivity contribution in [2.45, 2.75) is 6.04 Å². The molecule has 0 saturated heterocycles. The maximum Gasteiger partial charge on any atom is 0.100 e. The van der Waals surface area contributed by atoms with Crippen LogP contribution in [0.1, 0.15) is 5.56 Å². The van der Waals surface area contributed by atoms with Crippen LogP contribution >= 0.6 is 11.3 Å². The molecule has 1 aliphatic heterocycles. The Morgan fingerprint density at radius 2 is 1.73 bits per heavy atom. The number of hydrogen-bond donors (Lipinski definition) is 0. The standard InChI is InChI=1S/C31H19NS/c1-2-6-27-23(5-1)24-12-9-19(17-28(24)33-27)22-11-7-18-8-14-26-30-20(10-13-25(22)29(18)30)16-21-4-3-15-32-31(21)26/h1-17,29,31H. The smallest absolute Gasteiger partial charge is 0.100 e. The number of allylic oxidation sites excluding steroid dienone is 12. The predicted octanol–water partition coefficient (Wildman–Crippen LogP) is 7.68. The van der Waals surface area contributed by atoms with E-state index in [1.807, 2.05) is 23.6 Å². The molecular formula is C31H19NS. The van der Waals surface area contributed by atoms with E-state index in [0.29, 0.717) is 5.92 Å². The van der Waals surface area contributed by atoms with Crippen molar-refractivity contribution in [3.05, 3.63) is 136 Å². The van der Waals surface area contributed by atoms with E-state index in [9.17, 15) is 0 Å². The van der Waals surface area contributed by atoms with Crippen LogP contribution in [0.15, 0.2) is 136 Å². The van der Waals surface area contributed by atoms with E-state index in [0.717, 1.165) is 0 Å². The van der Waals surface area contributed by atoms with E-state index >= 15 is 0 Å². The number of thiophene rings is 1. The molecule has 2 aromatic carbocycles. The van der Waals surface area contributed by atoms with Crippen LogP contribution in [0.3, 0.4) is 0 Å². The molecule has 33 heavy (non-hydrogen) atoms. The fourth-order valence-corrected chi connectivity index (χ4v) is 7.11. The third-order valence-electron chi connectivity index (χ3n) is 7.44. The van der Waals surface area contributed by atoms with Gasteiger partial charge in [0.2, 0.25) is 0 Å². The van der Waals surface area contributed by atoms with E-state index < -0.39 is 0 Å². The first-order valence-electron chi connectivity index (χ1n) is 11.4. The molecule has 0 radical (unpaired) electrons. The molecule has 5 aliphatic rings. The van der Waals surface area contributed by atoms with E-state index in [-0.39, 0.29) is 6.04 Å². The molecule has 2 atom stereocenters. The summed E-state index contributed by atoms with van der Waals surface area (Å²) in [6, 6.07) is 15.8. The average molecular weight is 438 g/mol. The predicted molar refractivity (Wildman–Crippen MR) is 141 cm³/mol. The van der Waals surface area contributed by atoms with Gasteiger partial charge in [0.25, 0.3) is 0 Å². The fourth-order valence-electron chi connectivity index (χ4n) is 5.97. The zero-order valence-electron chi connectivity index (χ0n) is 17.8. The highest BCUT2D eigenvalue weighted by Gasteiger charge is 2.38. The number of fused-ring (bicyclic) bond motifs is 5. The summed E-state index contributed by atoms with van der Waals surface area (Å²) in [4.78, 5) is 4.82. The van der Waals surface area contributed by atoms with Crippen molar-refractivity contribution in [2.75, 3.05) is 0 Å². The van der Waals surface area contributed by atoms with Crippen molar-refractivity contribution in [3.8, 4) is 0 Å². The third-order valence-corrected chi connectivity index (χ3v) is 8.57. The SMILES string of the molecule is C1=CC2=CC3=C4C(=CC=C5C=CC(c6ccc7c(c6)sc6ccccc67)=C(C=C3)C54)C2N=C1. The summed E-state index contributed by atoms with van der Waals surface area (Å²) >= 11 is 1.89. The van der Waals surface area contributed by atoms with Gasteiger partial charge < -0.3 is 0 Å². The number of rotatable bonds is 1. The van der Waals surface area contributed by atoms with Crippen LogP contribution in [0, 0.1) is 5.92 Å². The Bertz CT molecular complexity index is 1700. The summed E-state index contributed by atoms with van der Waals surface area (Å²) in [5, 5.41) is 2.71. The van der Waals surface area contributed by atoms with Crippen LogP contribution < -0.4 is 0 Å². The first-order valence-corrected chi connectivity index (χ1v) is 12.3. The maximum absolute atomic E-state index is 4.82. The summed E-state index contributed by atoms with van der Waals surface area (Å²) < 4.78 is 2.71. The lowest BCUT2D eigenvalue weighted by Gasteiger charge is -2.39. The molecule has 0 fully saturated rings. The van der Waals surface area contributed by atoms with Gasteiger partial charge in [0.1, 0.15) is 6.04 Å². The Labute approximate surface area is 196 Å². The largest absolute Gasteiger partial charge is 0.280 e. The Balaban J connectivity index is 1.32. The molecule has 3 aromatic rings. The molecule has 0 N–H and O–H groups in total. The minimum atomic E-state index is 0.128. The van der Waals surface area contributed by atoms with Crippen molar-refractivity contribution < 1.29 is 0 Å². The van der Waals surface area contributed by atoms with Gasteiger partial charge in [-0.2, -0.15) is 0 Å². The lowest BCUT2D eigenvalue weighted by Crippen LogP contribution is -2.29. The summed E-state index contributed by atoms with van der Waals surface area (Å²) in [5.74, 6) is 0.294. The minimum absolute atomic E-state index is 0.128. The summed E-state index contributed by atoms with van der Waals surface area (Å²) in [6.07, 6.45) is 22.4. The molecule has 2 heterocycles. The van der Waals surface area contributed by atoms with Gasteiger partial charge in [0.15, 0.2) is 0 Å². The topological polar surface area (TPSA) is 12.4 Å². The van der Waals surface area contributed by atoms with Gasteiger partial charge in [0, 0.05) is 32.3 Å². The molecule has 1 aromatic heterocycles. The Hall–Kier alpha value is -3.75. The Kier molecular flexibility index (Phi) is 3.45. The van der Waals surface area contributed by atoms with Crippen LogP contribution in [0.25, 0.3) is 25.7 Å². The molecule has 0 saturated carbocycles. The van der Waals surface area contributed by atoms with Crippen molar-refractivity contribution in [2.24, 2.45) is 10.9 Å². The van der Waals surface area contributed by atoms with Gasteiger partial charge in [-0.15, -0.1) is 11.3 Å². The first kappa shape index (κ1) is 17.8.